The van der Waals surface area contributed by atoms with Gasteiger partial charge in [0.25, 0.3) is 0 Å². The summed E-state index contributed by atoms with van der Waals surface area (Å²) in [5.74, 6) is 1.45. The first-order valence-corrected chi connectivity index (χ1v) is 10.1. The number of esters is 1. The second kappa shape index (κ2) is 7.79. The van der Waals surface area contributed by atoms with E-state index in [1.165, 1.54) is 11.3 Å². The molecule has 4 rings (SSSR count). The van der Waals surface area contributed by atoms with E-state index in [-0.39, 0.29) is 5.97 Å². The molecule has 1 aliphatic rings. The molecule has 2 heterocycles. The number of methoxy groups -OCH3 is 2. The number of aromatic nitrogens is 2. The number of carbonyl (C=O) groups is 1. The van der Waals surface area contributed by atoms with E-state index < -0.39 is 0 Å². The van der Waals surface area contributed by atoms with E-state index in [4.69, 9.17) is 18.9 Å². The number of fused-ring (bicyclic) bond motifs is 3. The van der Waals surface area contributed by atoms with Gasteiger partial charge in [-0.05, 0) is 43.0 Å². The first-order valence-electron chi connectivity index (χ1n) is 9.31. The Labute approximate surface area is 172 Å². The molecular weight excluding hydrogens is 392 g/mol. The van der Waals surface area contributed by atoms with E-state index in [0.29, 0.717) is 33.8 Å². The Hall–Kier alpha value is -3.00. The highest BCUT2D eigenvalue weighted by Crippen LogP contribution is 2.48. The number of hydrogen-bond donors (Lipinski definition) is 0. The van der Waals surface area contributed by atoms with Crippen molar-refractivity contribution in [2.24, 2.45) is 7.05 Å². The quantitative estimate of drug-likeness (QED) is 0.562. The molecule has 29 heavy (non-hydrogen) atoms. The van der Waals surface area contributed by atoms with Crippen molar-refractivity contribution in [3.63, 3.8) is 0 Å². The molecule has 2 aromatic heterocycles. The van der Waals surface area contributed by atoms with Crippen LogP contribution in [0.1, 0.15) is 27.7 Å². The Bertz CT molecular complexity index is 1070. The van der Waals surface area contributed by atoms with E-state index in [0.717, 1.165) is 35.2 Å². The van der Waals surface area contributed by atoms with Gasteiger partial charge in [0.15, 0.2) is 16.6 Å². The molecule has 0 radical (unpaired) electrons. The number of rotatable bonds is 6. The lowest BCUT2D eigenvalue weighted by Gasteiger charge is -2.14. The summed E-state index contributed by atoms with van der Waals surface area (Å²) in [6, 6.07) is 5.35. The molecular formula is C21H22N2O5S. The van der Waals surface area contributed by atoms with Crippen molar-refractivity contribution >= 4 is 17.3 Å². The van der Waals surface area contributed by atoms with Gasteiger partial charge in [0, 0.05) is 19.3 Å². The lowest BCUT2D eigenvalue weighted by molar-refractivity contribution is 0.0531. The first kappa shape index (κ1) is 19.3. The third-order valence-corrected chi connectivity index (χ3v) is 5.88. The number of thiophene rings is 1. The summed E-state index contributed by atoms with van der Waals surface area (Å²) in [6.45, 7) is 2.13. The normalized spacial score (nSPS) is 12.1. The average molecular weight is 414 g/mol. The van der Waals surface area contributed by atoms with Crippen LogP contribution in [-0.2, 0) is 24.6 Å². The second-order valence-electron chi connectivity index (χ2n) is 6.59. The third-order valence-electron chi connectivity index (χ3n) is 4.79. The maximum atomic E-state index is 12.6. The van der Waals surface area contributed by atoms with Gasteiger partial charge in [-0.25, -0.2) is 4.79 Å². The summed E-state index contributed by atoms with van der Waals surface area (Å²) in [6.07, 6.45) is 3.59. The molecule has 0 fully saturated rings. The molecule has 0 saturated carbocycles. The fraction of sp³-hybridized carbons (Fsp3) is 0.333. The second-order valence-corrected chi connectivity index (χ2v) is 7.57. The van der Waals surface area contributed by atoms with Gasteiger partial charge in [-0.1, -0.05) is 11.3 Å². The topological polar surface area (TPSA) is 71.8 Å². The number of benzene rings is 1. The minimum absolute atomic E-state index is 0.324. The SMILES string of the molecule is CCOC(=O)c1sc(Oc2ccc(OC)c(OC)c2)c2c1CCc1cn(C)nc1-2. The number of hydrogen-bond acceptors (Lipinski definition) is 7. The average Bonchev–Trinajstić information content (AvgIpc) is 3.27. The molecule has 1 aromatic carbocycles. The number of ether oxygens (including phenoxy) is 4. The van der Waals surface area contributed by atoms with E-state index >= 15 is 0 Å². The predicted octanol–water partition coefficient (Wildman–Crippen LogP) is 4.23. The van der Waals surface area contributed by atoms with Crippen LogP contribution in [0.25, 0.3) is 11.3 Å². The van der Waals surface area contributed by atoms with Crippen LogP contribution in [0.3, 0.4) is 0 Å². The fourth-order valence-corrected chi connectivity index (χ4v) is 4.65. The molecule has 0 saturated heterocycles. The van der Waals surface area contributed by atoms with Crippen molar-refractivity contribution in [2.45, 2.75) is 19.8 Å². The molecule has 0 spiro atoms. The molecule has 7 nitrogen and oxygen atoms in total. The molecule has 0 atom stereocenters. The van der Waals surface area contributed by atoms with Crippen molar-refractivity contribution in [3.8, 4) is 33.6 Å². The summed E-state index contributed by atoms with van der Waals surface area (Å²) in [5.41, 5.74) is 3.81. The van der Waals surface area contributed by atoms with Crippen molar-refractivity contribution < 1.29 is 23.7 Å². The molecule has 0 N–H and O–H groups in total. The summed E-state index contributed by atoms with van der Waals surface area (Å²) < 4.78 is 23.9. The zero-order chi connectivity index (χ0) is 20.5. The standard InChI is InChI=1S/C21H22N2O5S/c1-5-27-20(24)19-14-8-6-12-11-23(2)22-18(12)17(14)21(29-19)28-13-7-9-15(25-3)16(10-13)26-4/h7,9-11H,5-6,8H2,1-4H3. The molecule has 3 aromatic rings. The Kier molecular flexibility index (Phi) is 5.19. The van der Waals surface area contributed by atoms with Gasteiger partial charge in [0.2, 0.25) is 0 Å². The van der Waals surface area contributed by atoms with Crippen LogP contribution in [0.15, 0.2) is 24.4 Å². The van der Waals surface area contributed by atoms with Gasteiger partial charge in [0.1, 0.15) is 16.3 Å². The zero-order valence-corrected chi connectivity index (χ0v) is 17.6. The molecule has 0 aliphatic heterocycles. The Morgan fingerprint density at radius 1 is 1.21 bits per heavy atom. The number of carbonyl (C=O) groups excluding carboxylic acids is 1. The van der Waals surface area contributed by atoms with Crippen molar-refractivity contribution in [2.75, 3.05) is 20.8 Å². The first-order chi connectivity index (χ1) is 14.0. The molecule has 152 valence electrons. The van der Waals surface area contributed by atoms with Crippen molar-refractivity contribution in [1.82, 2.24) is 9.78 Å². The maximum Gasteiger partial charge on any atom is 0.348 e. The molecule has 1 aliphatic carbocycles. The summed E-state index contributed by atoms with van der Waals surface area (Å²) in [5, 5.41) is 5.24. The fourth-order valence-electron chi connectivity index (χ4n) is 3.53. The van der Waals surface area contributed by atoms with Crippen LogP contribution in [-0.4, -0.2) is 36.6 Å². The van der Waals surface area contributed by atoms with E-state index in [9.17, 15) is 4.79 Å². The highest BCUT2D eigenvalue weighted by Gasteiger charge is 2.32. The van der Waals surface area contributed by atoms with Gasteiger partial charge in [-0.2, -0.15) is 5.10 Å². The van der Waals surface area contributed by atoms with Gasteiger partial charge in [-0.3, -0.25) is 4.68 Å². The van der Waals surface area contributed by atoms with Gasteiger partial charge >= 0.3 is 5.97 Å². The number of aryl methyl sites for hydroxylation is 2. The molecule has 0 amide bonds. The molecule has 0 bridgehead atoms. The number of nitrogens with zero attached hydrogens (tertiary/aromatic N) is 2. The lowest BCUT2D eigenvalue weighted by atomic mass is 9.92. The van der Waals surface area contributed by atoms with Gasteiger partial charge in [-0.15, -0.1) is 0 Å². The summed E-state index contributed by atoms with van der Waals surface area (Å²) >= 11 is 1.30. The smallest absolute Gasteiger partial charge is 0.348 e. The van der Waals surface area contributed by atoms with Crippen molar-refractivity contribution in [1.29, 1.82) is 0 Å². The Morgan fingerprint density at radius 2 is 2.00 bits per heavy atom. The lowest BCUT2D eigenvalue weighted by Crippen LogP contribution is -2.08. The van der Waals surface area contributed by atoms with Crippen LogP contribution in [0.4, 0.5) is 0 Å². The maximum absolute atomic E-state index is 12.6. The largest absolute Gasteiger partial charge is 0.493 e. The van der Waals surface area contributed by atoms with Crippen LogP contribution >= 0.6 is 11.3 Å². The summed E-state index contributed by atoms with van der Waals surface area (Å²) in [4.78, 5) is 13.1. The van der Waals surface area contributed by atoms with E-state index in [1.807, 2.05) is 13.2 Å². The highest BCUT2D eigenvalue weighted by atomic mass is 32.1. The highest BCUT2D eigenvalue weighted by molar-refractivity contribution is 7.16. The van der Waals surface area contributed by atoms with E-state index in [1.54, 1.807) is 44.0 Å². The van der Waals surface area contributed by atoms with Crippen LogP contribution in [0.5, 0.6) is 22.3 Å². The monoisotopic (exact) mass is 414 g/mol. The Morgan fingerprint density at radius 3 is 2.72 bits per heavy atom. The van der Waals surface area contributed by atoms with Gasteiger partial charge < -0.3 is 18.9 Å². The predicted molar refractivity (Wildman–Crippen MR) is 110 cm³/mol. The van der Waals surface area contributed by atoms with Crippen molar-refractivity contribution in [3.05, 3.63) is 40.4 Å². The zero-order valence-electron chi connectivity index (χ0n) is 16.8. The van der Waals surface area contributed by atoms with Crippen LogP contribution in [0.2, 0.25) is 0 Å². The van der Waals surface area contributed by atoms with Gasteiger partial charge in [0.05, 0.1) is 26.4 Å². The van der Waals surface area contributed by atoms with Crippen LogP contribution < -0.4 is 14.2 Å². The Balaban J connectivity index is 1.80. The minimum atomic E-state index is -0.324. The third kappa shape index (κ3) is 3.44. The minimum Gasteiger partial charge on any atom is -0.493 e. The summed E-state index contributed by atoms with van der Waals surface area (Å²) in [7, 11) is 5.06. The molecule has 8 heteroatoms. The molecule has 0 unspecified atom stereocenters. The van der Waals surface area contributed by atoms with Crippen LogP contribution in [0, 0.1) is 0 Å². The van der Waals surface area contributed by atoms with E-state index in [2.05, 4.69) is 5.10 Å².